The monoisotopic (exact) mass is 472 g/mol. The van der Waals surface area contributed by atoms with E-state index in [9.17, 15) is 19.8 Å². The van der Waals surface area contributed by atoms with Gasteiger partial charge in [-0.3, -0.25) is 9.59 Å². The van der Waals surface area contributed by atoms with Crippen LogP contribution < -0.4 is 4.74 Å². The number of ether oxygens (including phenoxy) is 1. The Labute approximate surface area is 205 Å². The molecule has 190 valence electrons. The van der Waals surface area contributed by atoms with Crippen LogP contribution in [0.3, 0.4) is 0 Å². The van der Waals surface area contributed by atoms with Gasteiger partial charge in [0.25, 0.3) is 0 Å². The normalized spacial score (nSPS) is 22.4. The van der Waals surface area contributed by atoms with E-state index >= 15 is 0 Å². The maximum absolute atomic E-state index is 12.3. The summed E-state index contributed by atoms with van der Waals surface area (Å²) in [6, 6.07) is 7.48. The lowest BCUT2D eigenvalue weighted by atomic mass is 9.86. The molecule has 0 aromatic heterocycles. The van der Waals surface area contributed by atoms with E-state index in [0.29, 0.717) is 50.7 Å². The highest BCUT2D eigenvalue weighted by Crippen LogP contribution is 2.38. The quantitative estimate of drug-likeness (QED) is 0.132. The number of esters is 1. The Hall–Kier alpha value is -1.98. The molecule has 5 nitrogen and oxygen atoms in total. The zero-order valence-electron chi connectivity index (χ0n) is 21.1. The molecule has 0 amide bonds. The molecule has 1 saturated carbocycles. The largest absolute Gasteiger partial charge is 0.426 e. The molecule has 1 fully saturated rings. The van der Waals surface area contributed by atoms with Crippen molar-refractivity contribution in [2.45, 2.75) is 110 Å². The molecule has 1 aromatic carbocycles. The van der Waals surface area contributed by atoms with Gasteiger partial charge in [-0.1, -0.05) is 63.0 Å². The Bertz CT molecular complexity index is 772. The van der Waals surface area contributed by atoms with Gasteiger partial charge in [-0.05, 0) is 68.9 Å². The molecule has 5 heteroatoms. The number of unbranched alkanes of at least 4 members (excludes halogenated alkanes) is 5. The van der Waals surface area contributed by atoms with E-state index in [1.807, 2.05) is 37.3 Å². The number of carbonyl (C=O) groups excluding carboxylic acids is 2. The van der Waals surface area contributed by atoms with Gasteiger partial charge in [-0.2, -0.15) is 0 Å². The number of aryl methyl sites for hydroxylation is 1. The Morgan fingerprint density at radius 2 is 1.68 bits per heavy atom. The molecule has 1 aromatic rings. The molecule has 2 N–H and O–H groups in total. The van der Waals surface area contributed by atoms with E-state index in [-0.39, 0.29) is 23.6 Å². The second kappa shape index (κ2) is 15.8. The minimum absolute atomic E-state index is 0.0189. The van der Waals surface area contributed by atoms with Gasteiger partial charge in [-0.25, -0.2) is 0 Å². The van der Waals surface area contributed by atoms with Crippen molar-refractivity contribution in [2.75, 3.05) is 0 Å². The zero-order valence-corrected chi connectivity index (χ0v) is 21.1. The van der Waals surface area contributed by atoms with Crippen LogP contribution in [0.1, 0.15) is 96.0 Å². The third kappa shape index (κ3) is 10.1. The highest BCUT2D eigenvalue weighted by molar-refractivity contribution is 5.78. The average molecular weight is 473 g/mol. The first-order valence-corrected chi connectivity index (χ1v) is 13.2. The number of rotatable bonds is 16. The van der Waals surface area contributed by atoms with E-state index < -0.39 is 12.2 Å². The van der Waals surface area contributed by atoms with Crippen LogP contribution in [0, 0.1) is 18.8 Å². The van der Waals surface area contributed by atoms with E-state index in [2.05, 4.69) is 6.92 Å². The predicted molar refractivity (Wildman–Crippen MR) is 136 cm³/mol. The smallest absolute Gasteiger partial charge is 0.311 e. The first kappa shape index (κ1) is 28.3. The fourth-order valence-electron chi connectivity index (χ4n) is 4.86. The van der Waals surface area contributed by atoms with Crippen molar-refractivity contribution < 1.29 is 24.5 Å². The number of para-hydroxylation sites is 1. The number of aliphatic hydroxyl groups is 2. The number of ketones is 1. The fraction of sp³-hybridized carbons (Fsp3) is 0.655. The van der Waals surface area contributed by atoms with E-state index in [4.69, 9.17) is 4.74 Å². The Morgan fingerprint density at radius 3 is 2.44 bits per heavy atom. The van der Waals surface area contributed by atoms with Crippen molar-refractivity contribution in [3.8, 4) is 5.75 Å². The maximum atomic E-state index is 12.3. The number of aliphatic hydroxyl groups excluding tert-OH is 2. The Morgan fingerprint density at radius 1 is 0.941 bits per heavy atom. The molecule has 1 aliphatic carbocycles. The van der Waals surface area contributed by atoms with Gasteiger partial charge in [0.1, 0.15) is 11.5 Å². The highest BCUT2D eigenvalue weighted by Gasteiger charge is 2.40. The van der Waals surface area contributed by atoms with Gasteiger partial charge >= 0.3 is 5.97 Å². The summed E-state index contributed by atoms with van der Waals surface area (Å²) in [5.41, 5.74) is 0.941. The van der Waals surface area contributed by atoms with Gasteiger partial charge in [0.05, 0.1) is 12.2 Å². The number of hydrogen-bond acceptors (Lipinski definition) is 5. The highest BCUT2D eigenvalue weighted by atomic mass is 16.5. The lowest BCUT2D eigenvalue weighted by Gasteiger charge is -2.22. The third-order valence-electron chi connectivity index (χ3n) is 6.98. The average Bonchev–Trinajstić information content (AvgIpc) is 3.08. The van der Waals surface area contributed by atoms with Crippen molar-refractivity contribution in [1.29, 1.82) is 0 Å². The van der Waals surface area contributed by atoms with Crippen LogP contribution in [0.15, 0.2) is 36.4 Å². The molecule has 2 rings (SSSR count). The second-order valence-corrected chi connectivity index (χ2v) is 9.78. The number of allylic oxidation sites excluding steroid dienone is 2. The lowest BCUT2D eigenvalue weighted by molar-refractivity contribution is -0.134. The molecule has 0 radical (unpaired) electrons. The van der Waals surface area contributed by atoms with Crippen molar-refractivity contribution in [3.63, 3.8) is 0 Å². The summed E-state index contributed by atoms with van der Waals surface area (Å²) in [4.78, 5) is 24.3. The summed E-state index contributed by atoms with van der Waals surface area (Å²) in [6.45, 7) is 4.10. The van der Waals surface area contributed by atoms with Crippen LogP contribution in [-0.4, -0.2) is 34.2 Å². The first-order valence-electron chi connectivity index (χ1n) is 13.2. The maximum Gasteiger partial charge on any atom is 0.311 e. The fourth-order valence-corrected chi connectivity index (χ4v) is 4.86. The van der Waals surface area contributed by atoms with E-state index in [1.165, 1.54) is 19.3 Å². The molecule has 1 aliphatic rings. The summed E-state index contributed by atoms with van der Waals surface area (Å²) in [6.07, 6.45) is 13.4. The van der Waals surface area contributed by atoms with Crippen LogP contribution in [0.4, 0.5) is 0 Å². The molecular weight excluding hydrogens is 428 g/mol. The number of Topliss-reactive ketones (excluding diaryl/α,β-unsaturated/α-hetero) is 1. The summed E-state index contributed by atoms with van der Waals surface area (Å²) >= 11 is 0. The Kier molecular flexibility index (Phi) is 13.2. The molecule has 34 heavy (non-hydrogen) atoms. The summed E-state index contributed by atoms with van der Waals surface area (Å²) in [7, 11) is 0. The van der Waals surface area contributed by atoms with Gasteiger partial charge in [-0.15, -0.1) is 0 Å². The first-order chi connectivity index (χ1) is 16.4. The lowest BCUT2D eigenvalue weighted by Crippen LogP contribution is -2.22. The summed E-state index contributed by atoms with van der Waals surface area (Å²) < 4.78 is 5.41. The molecule has 0 unspecified atom stereocenters. The van der Waals surface area contributed by atoms with Crippen molar-refractivity contribution in [2.24, 2.45) is 11.8 Å². The second-order valence-electron chi connectivity index (χ2n) is 9.78. The van der Waals surface area contributed by atoms with Crippen LogP contribution in [0.25, 0.3) is 0 Å². The molecule has 0 saturated heterocycles. The van der Waals surface area contributed by atoms with Gasteiger partial charge in [0.2, 0.25) is 0 Å². The molecule has 0 aliphatic heterocycles. The number of carbonyl (C=O) groups is 2. The van der Waals surface area contributed by atoms with Crippen molar-refractivity contribution in [1.82, 2.24) is 0 Å². The number of hydrogen-bond donors (Lipinski definition) is 2. The zero-order chi connectivity index (χ0) is 24.8. The van der Waals surface area contributed by atoms with Crippen LogP contribution in [0.2, 0.25) is 0 Å². The summed E-state index contributed by atoms with van der Waals surface area (Å²) in [5, 5.41) is 20.8. The molecule has 4 atom stereocenters. The number of benzene rings is 1. The van der Waals surface area contributed by atoms with Crippen molar-refractivity contribution >= 4 is 11.8 Å². The van der Waals surface area contributed by atoms with Gasteiger partial charge < -0.3 is 14.9 Å². The molecule has 0 bridgehead atoms. The van der Waals surface area contributed by atoms with E-state index in [1.54, 1.807) is 6.07 Å². The van der Waals surface area contributed by atoms with Crippen LogP contribution >= 0.6 is 0 Å². The third-order valence-corrected chi connectivity index (χ3v) is 6.98. The van der Waals surface area contributed by atoms with Gasteiger partial charge in [0.15, 0.2) is 0 Å². The minimum Gasteiger partial charge on any atom is -0.426 e. The summed E-state index contributed by atoms with van der Waals surface area (Å²) in [5.74, 6) is 0.601. The standard InChI is InChI=1S/C29H44O5/c1-3-4-5-6-9-15-23(30)19-20-25-24(26(31)21-27(25)32)16-10-7-8-11-18-29(33)34-28-17-13-12-14-22(28)2/h7,10,12-14,17,24-27,31-32H,3-6,8-9,11,15-16,18-21H2,1-2H3/b10-7-/t24-,25-,26+,27-/m1/s1. The molecule has 0 heterocycles. The SMILES string of the molecule is CCCCCCCC(=O)CC[C@@H]1[C@@H](C/C=C\CCCC(=O)Oc2ccccc2C)[C@@H](O)C[C@H]1O. The molecular formula is C29H44O5. The Balaban J connectivity index is 1.66. The minimum atomic E-state index is -0.540. The van der Waals surface area contributed by atoms with Crippen LogP contribution in [0.5, 0.6) is 5.75 Å². The predicted octanol–water partition coefficient (Wildman–Crippen LogP) is 6.08. The van der Waals surface area contributed by atoms with E-state index in [0.717, 1.165) is 24.8 Å². The van der Waals surface area contributed by atoms with Gasteiger partial charge in [0, 0.05) is 19.3 Å². The van der Waals surface area contributed by atoms with Crippen LogP contribution in [-0.2, 0) is 9.59 Å². The molecule has 0 spiro atoms. The van der Waals surface area contributed by atoms with Crippen molar-refractivity contribution in [3.05, 3.63) is 42.0 Å². The topological polar surface area (TPSA) is 83.8 Å².